The summed E-state index contributed by atoms with van der Waals surface area (Å²) >= 11 is 0. The van der Waals surface area contributed by atoms with Gasteiger partial charge in [-0.15, -0.1) is 0 Å². The van der Waals surface area contributed by atoms with Gasteiger partial charge in [0.1, 0.15) is 0 Å². The van der Waals surface area contributed by atoms with E-state index in [-0.39, 0.29) is 22.1 Å². The average molecular weight is 366 g/mol. The van der Waals surface area contributed by atoms with Crippen LogP contribution in [0.4, 0.5) is 0 Å². The Morgan fingerprint density at radius 2 is 1.84 bits per heavy atom. The maximum absolute atomic E-state index is 12.6. The predicted molar refractivity (Wildman–Crippen MR) is 90.6 cm³/mol. The van der Waals surface area contributed by atoms with Crippen LogP contribution >= 0.6 is 0 Å². The number of aliphatic carboxylic acids is 1. The molecule has 1 amide bonds. The minimum absolute atomic E-state index is 0.119. The van der Waals surface area contributed by atoms with E-state index in [1.165, 1.54) is 24.3 Å². The van der Waals surface area contributed by atoms with E-state index in [1.807, 2.05) is 0 Å². The van der Waals surface area contributed by atoms with E-state index in [4.69, 9.17) is 5.11 Å². The number of hydrogen-bond donors (Lipinski definition) is 2. The van der Waals surface area contributed by atoms with Crippen molar-refractivity contribution < 1.29 is 23.1 Å². The Morgan fingerprint density at radius 1 is 1.24 bits per heavy atom. The average Bonchev–Trinajstić information content (AvgIpc) is 3.29. The number of carboxylic acid groups (broad SMARTS) is 1. The smallest absolute Gasteiger partial charge is 0.307 e. The number of piperidine rings is 1. The molecule has 136 valence electrons. The zero-order chi connectivity index (χ0) is 18.2. The van der Waals surface area contributed by atoms with Gasteiger partial charge >= 0.3 is 5.97 Å². The van der Waals surface area contributed by atoms with E-state index >= 15 is 0 Å². The van der Waals surface area contributed by atoms with Gasteiger partial charge in [0.15, 0.2) is 0 Å². The molecule has 1 heterocycles. The van der Waals surface area contributed by atoms with Crippen LogP contribution in [0, 0.1) is 11.3 Å². The monoisotopic (exact) mass is 366 g/mol. The molecule has 2 fully saturated rings. The van der Waals surface area contributed by atoms with Crippen LogP contribution in [0.25, 0.3) is 0 Å². The van der Waals surface area contributed by atoms with Crippen molar-refractivity contribution >= 4 is 21.9 Å². The Balaban J connectivity index is 1.64. The molecule has 1 saturated carbocycles. The summed E-state index contributed by atoms with van der Waals surface area (Å²) in [4.78, 5) is 25.5. The number of carbonyl (C=O) groups excluding carboxylic acids is 1. The lowest BCUT2D eigenvalue weighted by Gasteiger charge is -2.32. The number of hydrogen-bond acceptors (Lipinski definition) is 4. The third-order valence-corrected chi connectivity index (χ3v) is 6.84. The van der Waals surface area contributed by atoms with Gasteiger partial charge in [0.25, 0.3) is 5.91 Å². The summed E-state index contributed by atoms with van der Waals surface area (Å²) in [7, 11) is -3.53. The van der Waals surface area contributed by atoms with Gasteiger partial charge in [0, 0.05) is 25.2 Å². The van der Waals surface area contributed by atoms with E-state index in [0.29, 0.717) is 44.5 Å². The maximum Gasteiger partial charge on any atom is 0.307 e. The quantitative estimate of drug-likeness (QED) is 0.818. The molecule has 3 rings (SSSR count). The molecule has 2 aliphatic rings. The summed E-state index contributed by atoms with van der Waals surface area (Å²) in [6.45, 7) is 3.09. The summed E-state index contributed by atoms with van der Waals surface area (Å²) in [5.41, 5.74) is 0.323. The van der Waals surface area contributed by atoms with E-state index < -0.39 is 16.0 Å². The highest BCUT2D eigenvalue weighted by molar-refractivity contribution is 7.89. The predicted octanol–water partition coefficient (Wildman–Crippen LogP) is 1.31. The number of carbonyl (C=O) groups is 2. The van der Waals surface area contributed by atoms with E-state index in [0.717, 1.165) is 0 Å². The SMILES string of the molecule is CCNS(=O)(=O)c1ccc(C(=O)N2CCC3(CC2)CC3C(=O)O)cc1. The van der Waals surface area contributed by atoms with E-state index in [1.54, 1.807) is 11.8 Å². The summed E-state index contributed by atoms with van der Waals surface area (Å²) in [5.74, 6) is -1.15. The van der Waals surface area contributed by atoms with Gasteiger partial charge in [-0.1, -0.05) is 6.92 Å². The standard InChI is InChI=1S/C17H22N2O5S/c1-2-18-25(23,24)13-5-3-12(4-6-13)15(20)19-9-7-17(8-10-19)11-14(17)16(21)22/h3-6,14,18H,2,7-11H2,1H3,(H,21,22). The van der Waals surface area contributed by atoms with E-state index in [9.17, 15) is 18.0 Å². The number of likely N-dealkylation sites (tertiary alicyclic amines) is 1. The van der Waals surface area contributed by atoms with Crippen molar-refractivity contribution in [2.24, 2.45) is 11.3 Å². The van der Waals surface area contributed by atoms with Crippen LogP contribution in [-0.2, 0) is 14.8 Å². The minimum Gasteiger partial charge on any atom is -0.481 e. The number of sulfonamides is 1. The number of carboxylic acids is 1. The van der Waals surface area contributed by atoms with Gasteiger partial charge in [-0.3, -0.25) is 9.59 Å². The summed E-state index contributed by atoms with van der Waals surface area (Å²) in [6, 6.07) is 5.90. The third-order valence-electron chi connectivity index (χ3n) is 5.28. The van der Waals surface area contributed by atoms with Crippen LogP contribution in [-0.4, -0.2) is 49.9 Å². The second-order valence-corrected chi connectivity index (χ2v) is 8.54. The van der Waals surface area contributed by atoms with Crippen molar-refractivity contribution in [1.82, 2.24) is 9.62 Å². The van der Waals surface area contributed by atoms with Gasteiger partial charge in [-0.2, -0.15) is 0 Å². The van der Waals surface area contributed by atoms with Crippen LogP contribution < -0.4 is 4.72 Å². The number of nitrogens with zero attached hydrogens (tertiary/aromatic N) is 1. The second-order valence-electron chi connectivity index (χ2n) is 6.78. The lowest BCUT2D eigenvalue weighted by molar-refractivity contribution is -0.139. The Labute approximate surface area is 147 Å². The Hall–Kier alpha value is -1.93. The first kappa shape index (κ1) is 17.9. The summed E-state index contributed by atoms with van der Waals surface area (Å²) in [5, 5.41) is 9.12. The molecule has 1 saturated heterocycles. The van der Waals surface area contributed by atoms with E-state index in [2.05, 4.69) is 4.72 Å². The summed E-state index contributed by atoms with van der Waals surface area (Å²) < 4.78 is 26.3. The molecule has 7 nitrogen and oxygen atoms in total. The van der Waals surface area contributed by atoms with Gasteiger partial charge < -0.3 is 10.0 Å². The molecule has 8 heteroatoms. The van der Waals surface area contributed by atoms with Crippen molar-refractivity contribution in [3.8, 4) is 0 Å². The number of amides is 1. The third kappa shape index (κ3) is 3.41. The topological polar surface area (TPSA) is 104 Å². The molecule has 1 aromatic carbocycles. The molecule has 0 bridgehead atoms. The largest absolute Gasteiger partial charge is 0.481 e. The first-order chi connectivity index (χ1) is 11.8. The van der Waals surface area contributed by atoms with Gasteiger partial charge in [-0.05, 0) is 48.9 Å². The highest BCUT2D eigenvalue weighted by Gasteiger charge is 2.59. The van der Waals surface area contributed by atoms with Gasteiger partial charge in [-0.25, -0.2) is 13.1 Å². The molecule has 1 spiro atoms. The second kappa shape index (κ2) is 6.42. The molecule has 1 unspecified atom stereocenters. The first-order valence-corrected chi connectivity index (χ1v) is 9.89. The fraction of sp³-hybridized carbons (Fsp3) is 0.529. The zero-order valence-electron chi connectivity index (χ0n) is 14.1. The fourth-order valence-electron chi connectivity index (χ4n) is 3.64. The normalized spacial score (nSPS) is 22.0. The highest BCUT2D eigenvalue weighted by Crippen LogP contribution is 2.59. The van der Waals surface area contributed by atoms with Gasteiger partial charge in [0.2, 0.25) is 10.0 Å². The highest BCUT2D eigenvalue weighted by atomic mass is 32.2. The Kier molecular flexibility index (Phi) is 4.59. The lowest BCUT2D eigenvalue weighted by Crippen LogP contribution is -2.40. The molecule has 1 aliphatic heterocycles. The Morgan fingerprint density at radius 3 is 2.32 bits per heavy atom. The van der Waals surface area contributed by atoms with Crippen LogP contribution in [0.5, 0.6) is 0 Å². The number of nitrogens with one attached hydrogen (secondary N) is 1. The summed E-state index contributed by atoms with van der Waals surface area (Å²) in [6.07, 6.45) is 2.13. The van der Waals surface area contributed by atoms with Crippen LogP contribution in [0.3, 0.4) is 0 Å². The maximum atomic E-state index is 12.6. The molecule has 1 atom stereocenters. The zero-order valence-corrected chi connectivity index (χ0v) is 14.9. The molecular weight excluding hydrogens is 344 g/mol. The minimum atomic E-state index is -3.53. The molecule has 1 aromatic rings. The number of benzene rings is 1. The molecule has 0 aromatic heterocycles. The van der Waals surface area contributed by atoms with Crippen LogP contribution in [0.1, 0.15) is 36.5 Å². The molecule has 25 heavy (non-hydrogen) atoms. The van der Waals surface area contributed by atoms with Crippen molar-refractivity contribution in [1.29, 1.82) is 0 Å². The molecule has 2 N–H and O–H groups in total. The Bertz CT molecular complexity index is 780. The molecule has 0 radical (unpaired) electrons. The van der Waals surface area contributed by atoms with Crippen LogP contribution in [0.15, 0.2) is 29.2 Å². The fourth-order valence-corrected chi connectivity index (χ4v) is 4.68. The van der Waals surface area contributed by atoms with Gasteiger partial charge in [0.05, 0.1) is 10.8 Å². The number of rotatable bonds is 5. The van der Waals surface area contributed by atoms with Crippen LogP contribution in [0.2, 0.25) is 0 Å². The van der Waals surface area contributed by atoms with Crippen molar-refractivity contribution in [2.75, 3.05) is 19.6 Å². The van der Waals surface area contributed by atoms with Crippen molar-refractivity contribution in [2.45, 2.75) is 31.1 Å². The molecular formula is C17H22N2O5S. The molecule has 1 aliphatic carbocycles. The lowest BCUT2D eigenvalue weighted by atomic mass is 9.90. The first-order valence-electron chi connectivity index (χ1n) is 8.41. The van der Waals surface area contributed by atoms with Crippen molar-refractivity contribution in [3.63, 3.8) is 0 Å². The van der Waals surface area contributed by atoms with Crippen molar-refractivity contribution in [3.05, 3.63) is 29.8 Å².